The van der Waals surface area contributed by atoms with E-state index in [2.05, 4.69) is 4.99 Å². The largest absolute Gasteiger partial charge is 0.611 e. The zero-order valence-corrected chi connectivity index (χ0v) is 14.0. The smallest absolute Gasteiger partial charge is 0.449 e. The zero-order valence-electron chi connectivity index (χ0n) is 13.2. The molecule has 1 aromatic carbocycles. The molecular formula is C14H13F7N2O2S. The number of hydrogen-bond acceptors (Lipinski definition) is 3. The summed E-state index contributed by atoms with van der Waals surface area (Å²) in [4.78, 5) is 2.73. The number of aryl methyl sites for hydroxylation is 1. The third-order valence-electron chi connectivity index (χ3n) is 3.26. The lowest BCUT2D eigenvalue weighted by Crippen LogP contribution is -2.52. The number of alkyl halides is 6. The molecule has 0 bridgehead atoms. The molecule has 0 aliphatic carbocycles. The Morgan fingerprint density at radius 1 is 1.27 bits per heavy atom. The van der Waals surface area contributed by atoms with Gasteiger partial charge in [0.25, 0.3) is 0 Å². The van der Waals surface area contributed by atoms with E-state index in [1.165, 1.54) is 6.92 Å². The van der Waals surface area contributed by atoms with Crippen molar-refractivity contribution < 1.29 is 40.0 Å². The number of nitrogens with zero attached hydrogens (tertiary/aromatic N) is 1. The Morgan fingerprint density at radius 2 is 1.88 bits per heavy atom. The first kappa shape index (κ1) is 20.8. The van der Waals surface area contributed by atoms with Crippen molar-refractivity contribution in [2.24, 2.45) is 4.99 Å². The predicted molar refractivity (Wildman–Crippen MR) is 79.4 cm³/mol. The molecule has 1 heterocycles. The Labute approximate surface area is 146 Å². The van der Waals surface area contributed by atoms with Crippen LogP contribution in [0.15, 0.2) is 22.0 Å². The van der Waals surface area contributed by atoms with Gasteiger partial charge in [-0.25, -0.2) is 9.38 Å². The van der Waals surface area contributed by atoms with Crippen LogP contribution < -0.4 is 5.32 Å². The molecule has 2 rings (SSSR count). The van der Waals surface area contributed by atoms with Crippen molar-refractivity contribution in [2.75, 3.05) is 19.0 Å². The summed E-state index contributed by atoms with van der Waals surface area (Å²) in [5.41, 5.74) is -0.945. The summed E-state index contributed by atoms with van der Waals surface area (Å²) < 4.78 is 107. The number of ether oxygens (including phenoxy) is 1. The molecule has 1 aromatic rings. The quantitative estimate of drug-likeness (QED) is 0.361. The van der Waals surface area contributed by atoms with E-state index in [9.17, 15) is 35.3 Å². The van der Waals surface area contributed by atoms with Crippen molar-refractivity contribution in [2.45, 2.75) is 30.2 Å². The number of rotatable bonds is 4. The molecule has 1 aliphatic heterocycles. The Bertz CT molecular complexity index is 687. The first-order valence-electron chi connectivity index (χ1n) is 7.12. The Kier molecular flexibility index (Phi) is 6.08. The highest BCUT2D eigenvalue weighted by Gasteiger charge is 2.39. The fourth-order valence-corrected chi connectivity index (χ4v) is 3.12. The van der Waals surface area contributed by atoms with Gasteiger partial charge in [0.1, 0.15) is 11.5 Å². The molecule has 0 aromatic heterocycles. The summed E-state index contributed by atoms with van der Waals surface area (Å²) >= 11 is -2.60. The van der Waals surface area contributed by atoms with Gasteiger partial charge in [-0.3, -0.25) is 0 Å². The maximum Gasteiger partial charge on any atom is 0.449 e. The van der Waals surface area contributed by atoms with E-state index >= 15 is 0 Å². The van der Waals surface area contributed by atoms with E-state index in [0.29, 0.717) is 12.1 Å². The topological polar surface area (TPSA) is 56.7 Å². The van der Waals surface area contributed by atoms with Crippen molar-refractivity contribution >= 4 is 22.7 Å². The average Bonchev–Trinajstić information content (AvgIpc) is 2.39. The Balaban J connectivity index is 2.38. The monoisotopic (exact) mass is 406 g/mol. The molecule has 1 N–H and O–H groups in total. The first-order chi connectivity index (χ1) is 11.9. The summed E-state index contributed by atoms with van der Waals surface area (Å²) in [6.07, 6.45) is -9.70. The van der Waals surface area contributed by atoms with Gasteiger partial charge >= 0.3 is 12.4 Å². The maximum atomic E-state index is 14.0. The van der Waals surface area contributed by atoms with Crippen molar-refractivity contribution in [3.05, 3.63) is 23.5 Å². The molecule has 0 saturated carbocycles. The second kappa shape index (κ2) is 7.61. The molecule has 4 nitrogen and oxygen atoms in total. The van der Waals surface area contributed by atoms with Crippen LogP contribution in [0.4, 0.5) is 36.4 Å². The lowest BCUT2D eigenvalue weighted by Gasteiger charge is -2.28. The van der Waals surface area contributed by atoms with Crippen molar-refractivity contribution in [1.29, 1.82) is 0 Å². The van der Waals surface area contributed by atoms with Gasteiger partial charge < -0.3 is 14.6 Å². The molecule has 146 valence electrons. The van der Waals surface area contributed by atoms with E-state index < -0.39 is 57.6 Å². The molecule has 1 aliphatic rings. The van der Waals surface area contributed by atoms with E-state index in [0.717, 1.165) is 0 Å². The van der Waals surface area contributed by atoms with Crippen LogP contribution in [0, 0.1) is 12.7 Å². The maximum absolute atomic E-state index is 14.0. The molecule has 0 amide bonds. The van der Waals surface area contributed by atoms with E-state index in [1.54, 1.807) is 0 Å². The van der Waals surface area contributed by atoms with Crippen LogP contribution >= 0.6 is 0 Å². The van der Waals surface area contributed by atoms with Gasteiger partial charge in [0.2, 0.25) is 11.6 Å². The summed E-state index contributed by atoms with van der Waals surface area (Å²) in [7, 11) is 0. The van der Waals surface area contributed by atoms with Crippen molar-refractivity contribution in [3.8, 4) is 0 Å². The standard InChI is InChI=1S/C14H13F7N2O2S/c1-7-2-9(15)10(3-11(7)26(24)6-13(16,17)18)23-12(14(19,20)21)22-8-4-25-5-8/h2-3,8H,4-6H2,1H3,(H,22,23). The number of amidine groups is 1. The molecule has 1 fully saturated rings. The van der Waals surface area contributed by atoms with Crippen LogP contribution in [0.2, 0.25) is 0 Å². The van der Waals surface area contributed by atoms with Crippen LogP contribution in [-0.4, -0.2) is 47.7 Å². The molecule has 1 unspecified atom stereocenters. The third kappa shape index (κ3) is 5.48. The number of benzene rings is 1. The first-order valence-corrected chi connectivity index (χ1v) is 8.44. The molecule has 12 heteroatoms. The number of aliphatic imine (C=N–C) groups is 1. The Hall–Kier alpha value is -1.53. The average molecular weight is 406 g/mol. The van der Waals surface area contributed by atoms with Gasteiger partial charge in [0.05, 0.1) is 19.3 Å². The van der Waals surface area contributed by atoms with E-state index in [-0.39, 0.29) is 18.8 Å². The fraction of sp³-hybridized carbons (Fsp3) is 0.500. The summed E-state index contributed by atoms with van der Waals surface area (Å²) in [5, 5.41) is 2.05. The lowest BCUT2D eigenvalue weighted by molar-refractivity contribution is -0.106. The minimum atomic E-state index is -4.95. The lowest BCUT2D eigenvalue weighted by atomic mass is 10.2. The van der Waals surface area contributed by atoms with Gasteiger partial charge in [-0.15, -0.1) is 0 Å². The van der Waals surface area contributed by atoms with E-state index in [4.69, 9.17) is 4.74 Å². The highest BCUT2D eigenvalue weighted by atomic mass is 32.2. The minimum absolute atomic E-state index is 0.00628. The zero-order chi connectivity index (χ0) is 19.7. The van der Waals surface area contributed by atoms with Gasteiger partial charge in [-0.05, 0) is 24.2 Å². The molecule has 26 heavy (non-hydrogen) atoms. The van der Waals surface area contributed by atoms with Crippen LogP contribution in [0.5, 0.6) is 0 Å². The van der Waals surface area contributed by atoms with Gasteiger partial charge in [-0.1, -0.05) is 0 Å². The van der Waals surface area contributed by atoms with Crippen LogP contribution in [-0.2, 0) is 15.9 Å². The molecule has 1 saturated heterocycles. The Morgan fingerprint density at radius 3 is 2.35 bits per heavy atom. The van der Waals surface area contributed by atoms with Crippen LogP contribution in [0.1, 0.15) is 5.56 Å². The predicted octanol–water partition coefficient (Wildman–Crippen LogP) is 3.38. The number of hydrogen-bond donors (Lipinski definition) is 1. The summed E-state index contributed by atoms with van der Waals surface area (Å²) in [6, 6.07) is 0.669. The highest BCUT2D eigenvalue weighted by Crippen LogP contribution is 2.31. The normalized spacial score (nSPS) is 17.8. The minimum Gasteiger partial charge on any atom is -0.611 e. The second-order valence-corrected chi connectivity index (χ2v) is 6.93. The third-order valence-corrected chi connectivity index (χ3v) is 4.78. The van der Waals surface area contributed by atoms with Crippen LogP contribution in [0.3, 0.4) is 0 Å². The second-order valence-electron chi connectivity index (χ2n) is 5.51. The number of halogens is 7. The molecule has 0 radical (unpaired) electrons. The van der Waals surface area contributed by atoms with Crippen molar-refractivity contribution in [1.82, 2.24) is 5.32 Å². The van der Waals surface area contributed by atoms with Gasteiger partial charge in [-0.2, -0.15) is 26.3 Å². The van der Waals surface area contributed by atoms with E-state index in [1.807, 2.05) is 5.32 Å². The highest BCUT2D eigenvalue weighted by molar-refractivity contribution is 7.91. The van der Waals surface area contributed by atoms with Crippen LogP contribution in [0.25, 0.3) is 0 Å². The molecule has 1 atom stereocenters. The summed E-state index contributed by atoms with van der Waals surface area (Å²) in [5.74, 6) is -4.39. The summed E-state index contributed by atoms with van der Waals surface area (Å²) in [6.45, 7) is 1.22. The van der Waals surface area contributed by atoms with Crippen molar-refractivity contribution in [3.63, 3.8) is 0 Å². The van der Waals surface area contributed by atoms with Gasteiger partial charge in [0, 0.05) is 11.6 Å². The van der Waals surface area contributed by atoms with Gasteiger partial charge in [0.15, 0.2) is 4.90 Å². The molecule has 0 spiro atoms. The SMILES string of the molecule is Cc1cc(F)c(/N=C(/NC2COC2)C(F)(F)F)cc1[S+]([O-])CC(F)(F)F. The molecular weight excluding hydrogens is 393 g/mol. The fourth-order valence-electron chi connectivity index (χ4n) is 2.01. The number of nitrogens with one attached hydrogen (secondary N) is 1.